The predicted molar refractivity (Wildman–Crippen MR) is 46.9 cm³/mol. The SMILES string of the molecule is C=c1cn[nH]/c1=C(\C)C=NC. The number of aliphatic imine (C=N–C) groups is 1. The van der Waals surface area contributed by atoms with Gasteiger partial charge in [-0.1, -0.05) is 6.58 Å². The first-order valence-electron chi connectivity index (χ1n) is 3.37. The van der Waals surface area contributed by atoms with Crippen LogP contribution in [-0.4, -0.2) is 23.5 Å². The minimum absolute atomic E-state index is 0.905. The average Bonchev–Trinajstić information content (AvgIpc) is 2.36. The molecule has 0 aliphatic carbocycles. The Kier molecular flexibility index (Phi) is 2.21. The molecule has 58 valence electrons. The molecule has 3 nitrogen and oxygen atoms in total. The molecule has 3 heteroatoms. The quantitative estimate of drug-likeness (QED) is 0.547. The van der Waals surface area contributed by atoms with Crippen LogP contribution in [0.5, 0.6) is 0 Å². The number of rotatable bonds is 1. The molecule has 1 N–H and O–H groups in total. The molecule has 0 saturated carbocycles. The summed E-state index contributed by atoms with van der Waals surface area (Å²) >= 11 is 0. The third-order valence-corrected chi connectivity index (χ3v) is 1.43. The molecule has 0 atom stereocenters. The number of aromatic amines is 1. The molecule has 1 aromatic heterocycles. The summed E-state index contributed by atoms with van der Waals surface area (Å²) in [5, 5.41) is 8.56. The molecule has 0 aromatic carbocycles. The second-order valence-electron chi connectivity index (χ2n) is 2.34. The second kappa shape index (κ2) is 3.14. The van der Waals surface area contributed by atoms with Crippen molar-refractivity contribution in [1.29, 1.82) is 0 Å². The number of nitrogens with one attached hydrogen (secondary N) is 1. The van der Waals surface area contributed by atoms with E-state index in [1.165, 1.54) is 0 Å². The van der Waals surface area contributed by atoms with Crippen molar-refractivity contribution in [3.05, 3.63) is 16.8 Å². The Morgan fingerprint density at radius 2 is 2.55 bits per heavy atom. The minimum atomic E-state index is 0.905. The zero-order chi connectivity index (χ0) is 8.27. The molecule has 0 amide bonds. The van der Waals surface area contributed by atoms with Crippen molar-refractivity contribution >= 4 is 18.4 Å². The lowest BCUT2D eigenvalue weighted by Crippen LogP contribution is -2.23. The fourth-order valence-corrected chi connectivity index (χ4v) is 0.911. The van der Waals surface area contributed by atoms with Crippen LogP contribution in [0.3, 0.4) is 0 Å². The van der Waals surface area contributed by atoms with Crippen molar-refractivity contribution in [3.63, 3.8) is 0 Å². The molecule has 0 saturated heterocycles. The molecular formula is C8H11N3. The molecular weight excluding hydrogens is 138 g/mol. The van der Waals surface area contributed by atoms with Crippen molar-refractivity contribution in [1.82, 2.24) is 10.2 Å². The largest absolute Gasteiger partial charge is 0.296 e. The highest BCUT2D eigenvalue weighted by atomic mass is 15.1. The number of hydrogen-bond acceptors (Lipinski definition) is 2. The lowest BCUT2D eigenvalue weighted by Gasteiger charge is -1.84. The zero-order valence-electron chi connectivity index (χ0n) is 6.76. The van der Waals surface area contributed by atoms with Gasteiger partial charge in [0.2, 0.25) is 0 Å². The van der Waals surface area contributed by atoms with Gasteiger partial charge in [0.1, 0.15) is 0 Å². The van der Waals surface area contributed by atoms with Crippen LogP contribution in [0.4, 0.5) is 0 Å². The van der Waals surface area contributed by atoms with Gasteiger partial charge >= 0.3 is 0 Å². The molecule has 1 aromatic rings. The van der Waals surface area contributed by atoms with Crippen LogP contribution >= 0.6 is 0 Å². The van der Waals surface area contributed by atoms with Gasteiger partial charge in [0.05, 0.1) is 11.5 Å². The lowest BCUT2D eigenvalue weighted by molar-refractivity contribution is 1.06. The van der Waals surface area contributed by atoms with E-state index >= 15 is 0 Å². The summed E-state index contributed by atoms with van der Waals surface area (Å²) in [5.41, 5.74) is 1.05. The van der Waals surface area contributed by atoms with E-state index in [-0.39, 0.29) is 0 Å². The van der Waals surface area contributed by atoms with Gasteiger partial charge in [0, 0.05) is 18.5 Å². The Morgan fingerprint density at radius 1 is 1.82 bits per heavy atom. The molecule has 1 heterocycles. The first-order chi connectivity index (χ1) is 5.25. The van der Waals surface area contributed by atoms with Crippen molar-refractivity contribution in [2.45, 2.75) is 6.92 Å². The smallest absolute Gasteiger partial charge is 0.0688 e. The first-order valence-corrected chi connectivity index (χ1v) is 3.37. The number of aromatic nitrogens is 2. The second-order valence-corrected chi connectivity index (χ2v) is 2.34. The van der Waals surface area contributed by atoms with Crippen LogP contribution in [0.25, 0.3) is 12.2 Å². The van der Waals surface area contributed by atoms with E-state index in [0.717, 1.165) is 16.1 Å². The highest BCUT2D eigenvalue weighted by molar-refractivity contribution is 6.00. The molecule has 0 aliphatic rings. The Hall–Kier alpha value is -1.38. The van der Waals surface area contributed by atoms with Crippen molar-refractivity contribution < 1.29 is 0 Å². The fourth-order valence-electron chi connectivity index (χ4n) is 0.911. The normalized spacial score (nSPS) is 14.0. The van der Waals surface area contributed by atoms with E-state index in [1.54, 1.807) is 19.5 Å². The summed E-state index contributed by atoms with van der Waals surface area (Å²) in [5.74, 6) is 0. The molecule has 0 aliphatic heterocycles. The summed E-state index contributed by atoms with van der Waals surface area (Å²) in [6.45, 7) is 5.78. The lowest BCUT2D eigenvalue weighted by atomic mass is 10.3. The van der Waals surface area contributed by atoms with Gasteiger partial charge in [-0.25, -0.2) is 0 Å². The van der Waals surface area contributed by atoms with E-state index in [2.05, 4.69) is 21.8 Å². The maximum Gasteiger partial charge on any atom is 0.0688 e. The van der Waals surface area contributed by atoms with Crippen LogP contribution in [0, 0.1) is 0 Å². The highest BCUT2D eigenvalue weighted by Crippen LogP contribution is 1.79. The summed E-state index contributed by atoms with van der Waals surface area (Å²) < 4.78 is 0. The van der Waals surface area contributed by atoms with Gasteiger partial charge < -0.3 is 0 Å². The Morgan fingerprint density at radius 3 is 3.00 bits per heavy atom. The van der Waals surface area contributed by atoms with Crippen LogP contribution in [0.2, 0.25) is 0 Å². The predicted octanol–water partition coefficient (Wildman–Crippen LogP) is -0.309. The Labute approximate surface area is 65.2 Å². The minimum Gasteiger partial charge on any atom is -0.296 e. The molecule has 0 bridgehead atoms. The van der Waals surface area contributed by atoms with E-state index in [4.69, 9.17) is 0 Å². The van der Waals surface area contributed by atoms with Gasteiger partial charge in [0.15, 0.2) is 0 Å². The van der Waals surface area contributed by atoms with Gasteiger partial charge in [-0.15, -0.1) is 0 Å². The average molecular weight is 149 g/mol. The van der Waals surface area contributed by atoms with E-state index in [0.29, 0.717) is 0 Å². The molecule has 0 spiro atoms. The highest BCUT2D eigenvalue weighted by Gasteiger charge is 1.88. The maximum atomic E-state index is 3.90. The Bertz CT molecular complexity index is 359. The van der Waals surface area contributed by atoms with E-state index in [9.17, 15) is 0 Å². The summed E-state index contributed by atoms with van der Waals surface area (Å²) in [7, 11) is 1.74. The van der Waals surface area contributed by atoms with Gasteiger partial charge in [-0.3, -0.25) is 10.1 Å². The molecule has 0 fully saturated rings. The number of nitrogens with zero attached hydrogens (tertiary/aromatic N) is 2. The van der Waals surface area contributed by atoms with E-state index in [1.807, 2.05) is 6.92 Å². The van der Waals surface area contributed by atoms with Crippen LogP contribution < -0.4 is 10.6 Å². The monoisotopic (exact) mass is 149 g/mol. The third kappa shape index (κ3) is 1.55. The van der Waals surface area contributed by atoms with Crippen LogP contribution in [0.15, 0.2) is 11.2 Å². The summed E-state index contributed by atoms with van der Waals surface area (Å²) in [6, 6.07) is 0. The molecule has 0 radical (unpaired) electrons. The van der Waals surface area contributed by atoms with Crippen molar-refractivity contribution in [2.75, 3.05) is 7.05 Å². The maximum absolute atomic E-state index is 3.90. The van der Waals surface area contributed by atoms with Gasteiger partial charge in [0.25, 0.3) is 0 Å². The standard InChI is InChI=1S/C8H11N3/c1-6(4-9-3)8-7(2)5-10-11-8/h4-5,11H,2H2,1,3H3/b8-6+,9-4?. The topological polar surface area (TPSA) is 41.0 Å². The number of hydrogen-bond donors (Lipinski definition) is 1. The number of H-pyrrole nitrogens is 1. The van der Waals surface area contributed by atoms with Gasteiger partial charge in [-0.2, -0.15) is 5.10 Å². The molecule has 0 unspecified atom stereocenters. The van der Waals surface area contributed by atoms with Crippen molar-refractivity contribution in [3.8, 4) is 0 Å². The summed E-state index contributed by atoms with van der Waals surface area (Å²) in [4.78, 5) is 3.90. The van der Waals surface area contributed by atoms with Crippen LogP contribution in [0.1, 0.15) is 6.92 Å². The Balaban J connectivity index is 3.38. The van der Waals surface area contributed by atoms with Crippen LogP contribution in [-0.2, 0) is 0 Å². The molecule has 11 heavy (non-hydrogen) atoms. The molecule has 1 rings (SSSR count). The summed E-state index contributed by atoms with van der Waals surface area (Å²) in [6.07, 6.45) is 3.48. The zero-order valence-corrected chi connectivity index (χ0v) is 6.76. The first kappa shape index (κ1) is 7.72. The third-order valence-electron chi connectivity index (χ3n) is 1.43. The van der Waals surface area contributed by atoms with Crippen molar-refractivity contribution in [2.24, 2.45) is 4.99 Å². The van der Waals surface area contributed by atoms with E-state index < -0.39 is 0 Å². The van der Waals surface area contributed by atoms with Gasteiger partial charge in [-0.05, 0) is 12.5 Å². The fraction of sp³-hybridized carbons (Fsp3) is 0.250.